The minimum absolute atomic E-state index is 0.154. The molecular weight excluding hydrogens is 168 g/mol. The van der Waals surface area contributed by atoms with Gasteiger partial charge in [0.15, 0.2) is 0 Å². The van der Waals surface area contributed by atoms with E-state index < -0.39 is 12.1 Å². The molecule has 0 aliphatic heterocycles. The largest absolute Gasteiger partial charge is 0.457 e. The molecule has 0 aliphatic carbocycles. The highest BCUT2D eigenvalue weighted by atomic mass is 16.5. The van der Waals surface area contributed by atoms with Crippen molar-refractivity contribution < 1.29 is 14.6 Å². The van der Waals surface area contributed by atoms with Gasteiger partial charge < -0.3 is 9.84 Å². The van der Waals surface area contributed by atoms with E-state index in [4.69, 9.17) is 9.84 Å². The maximum Gasteiger partial charge on any atom is 0.338 e. The topological polar surface area (TPSA) is 46.5 Å². The van der Waals surface area contributed by atoms with Gasteiger partial charge in [-0.25, -0.2) is 4.79 Å². The van der Waals surface area contributed by atoms with Crippen molar-refractivity contribution in [2.45, 2.75) is 13.0 Å². The lowest BCUT2D eigenvalue weighted by Crippen LogP contribution is -2.18. The summed E-state index contributed by atoms with van der Waals surface area (Å²) in [6.07, 6.45) is -0.451. The Labute approximate surface area is 77.0 Å². The van der Waals surface area contributed by atoms with Crippen LogP contribution in [0.2, 0.25) is 0 Å². The van der Waals surface area contributed by atoms with Crippen molar-refractivity contribution in [3.63, 3.8) is 0 Å². The van der Waals surface area contributed by atoms with Gasteiger partial charge in [-0.15, -0.1) is 0 Å². The monoisotopic (exact) mass is 180 g/mol. The molecule has 0 spiro atoms. The van der Waals surface area contributed by atoms with Crippen molar-refractivity contribution in [1.29, 1.82) is 0 Å². The highest BCUT2D eigenvalue weighted by molar-refractivity contribution is 5.89. The minimum atomic E-state index is -0.451. The Morgan fingerprint density at radius 2 is 2.08 bits per heavy atom. The Morgan fingerprint density at radius 3 is 2.62 bits per heavy atom. The summed E-state index contributed by atoms with van der Waals surface area (Å²) in [7, 11) is 0. The predicted molar refractivity (Wildman–Crippen MR) is 48.4 cm³/mol. The maximum absolute atomic E-state index is 11.3. The summed E-state index contributed by atoms with van der Waals surface area (Å²) in [6, 6.07) is 8.70. The highest BCUT2D eigenvalue weighted by Crippen LogP contribution is 2.02. The van der Waals surface area contributed by atoms with Gasteiger partial charge in [-0.2, -0.15) is 0 Å². The standard InChI is InChI=1S/C10H12O3/c1-8(7-11)13-10(12)9-5-3-2-4-6-9/h2-6,8,11H,7H2,1H3/t8-/m1/s1. The van der Waals surface area contributed by atoms with Crippen molar-refractivity contribution in [2.24, 2.45) is 0 Å². The van der Waals surface area contributed by atoms with Crippen LogP contribution in [0.3, 0.4) is 0 Å². The average Bonchev–Trinajstić information content (AvgIpc) is 2.19. The first-order chi connectivity index (χ1) is 6.24. The Balaban J connectivity index is 2.59. The van der Waals surface area contributed by atoms with Gasteiger partial charge in [0, 0.05) is 0 Å². The van der Waals surface area contributed by atoms with E-state index in [1.54, 1.807) is 31.2 Å². The Morgan fingerprint density at radius 1 is 1.46 bits per heavy atom. The molecule has 0 unspecified atom stereocenters. The molecule has 0 saturated carbocycles. The summed E-state index contributed by atoms with van der Waals surface area (Å²) in [6.45, 7) is 1.49. The molecule has 70 valence electrons. The Bertz CT molecular complexity index is 269. The van der Waals surface area contributed by atoms with Crippen molar-refractivity contribution in [1.82, 2.24) is 0 Å². The predicted octanol–water partition coefficient (Wildman–Crippen LogP) is 1.22. The van der Waals surface area contributed by atoms with E-state index in [1.165, 1.54) is 0 Å². The second-order valence-electron chi connectivity index (χ2n) is 2.76. The molecule has 0 bridgehead atoms. The molecule has 0 heterocycles. The molecule has 1 aromatic rings. The number of aliphatic hydroxyl groups excluding tert-OH is 1. The third kappa shape index (κ3) is 2.87. The van der Waals surface area contributed by atoms with Crippen molar-refractivity contribution >= 4 is 5.97 Å². The summed E-state index contributed by atoms with van der Waals surface area (Å²) < 4.78 is 4.90. The zero-order valence-electron chi connectivity index (χ0n) is 7.43. The SMILES string of the molecule is C[C@H](CO)OC(=O)c1ccccc1. The molecule has 0 aromatic heterocycles. The number of carbonyl (C=O) groups excluding carboxylic acids is 1. The van der Waals surface area contributed by atoms with Gasteiger partial charge in [-0.05, 0) is 19.1 Å². The first kappa shape index (κ1) is 9.74. The van der Waals surface area contributed by atoms with E-state index in [0.29, 0.717) is 5.56 Å². The Kier molecular flexibility index (Phi) is 3.46. The van der Waals surface area contributed by atoms with Gasteiger partial charge in [-0.1, -0.05) is 18.2 Å². The molecule has 0 radical (unpaired) electrons. The van der Waals surface area contributed by atoms with E-state index in [9.17, 15) is 4.79 Å². The first-order valence-electron chi connectivity index (χ1n) is 4.11. The first-order valence-corrected chi connectivity index (χ1v) is 4.11. The number of rotatable bonds is 3. The van der Waals surface area contributed by atoms with Crippen molar-refractivity contribution in [2.75, 3.05) is 6.61 Å². The zero-order valence-corrected chi connectivity index (χ0v) is 7.43. The summed E-state index contributed by atoms with van der Waals surface area (Å²) in [5, 5.41) is 8.65. The van der Waals surface area contributed by atoms with E-state index in [2.05, 4.69) is 0 Å². The number of hydrogen-bond acceptors (Lipinski definition) is 3. The van der Waals surface area contributed by atoms with E-state index in [-0.39, 0.29) is 6.61 Å². The minimum Gasteiger partial charge on any atom is -0.457 e. The van der Waals surface area contributed by atoms with Crippen LogP contribution >= 0.6 is 0 Å². The molecular formula is C10H12O3. The van der Waals surface area contributed by atoms with Crippen LogP contribution in [0, 0.1) is 0 Å². The fourth-order valence-corrected chi connectivity index (χ4v) is 0.862. The lowest BCUT2D eigenvalue weighted by molar-refractivity contribution is 0.0197. The van der Waals surface area contributed by atoms with E-state index >= 15 is 0 Å². The van der Waals surface area contributed by atoms with Crippen molar-refractivity contribution in [3.05, 3.63) is 35.9 Å². The van der Waals surface area contributed by atoms with Crippen LogP contribution in [-0.2, 0) is 4.74 Å². The lowest BCUT2D eigenvalue weighted by Gasteiger charge is -2.09. The normalized spacial score (nSPS) is 12.2. The summed E-state index contributed by atoms with van der Waals surface area (Å²) in [4.78, 5) is 11.3. The van der Waals surface area contributed by atoms with Crippen LogP contribution in [0.15, 0.2) is 30.3 Å². The number of esters is 1. The van der Waals surface area contributed by atoms with Crippen LogP contribution in [0.25, 0.3) is 0 Å². The van der Waals surface area contributed by atoms with Crippen LogP contribution < -0.4 is 0 Å². The molecule has 0 saturated heterocycles. The van der Waals surface area contributed by atoms with Crippen LogP contribution in [-0.4, -0.2) is 23.8 Å². The second-order valence-corrected chi connectivity index (χ2v) is 2.76. The van der Waals surface area contributed by atoms with Gasteiger partial charge in [-0.3, -0.25) is 0 Å². The number of benzene rings is 1. The third-order valence-electron chi connectivity index (χ3n) is 1.57. The van der Waals surface area contributed by atoms with Gasteiger partial charge in [0.1, 0.15) is 6.10 Å². The number of carbonyl (C=O) groups is 1. The fraction of sp³-hybridized carbons (Fsp3) is 0.300. The molecule has 0 aliphatic rings. The molecule has 1 rings (SSSR count). The second kappa shape index (κ2) is 4.62. The van der Waals surface area contributed by atoms with Gasteiger partial charge in [0.25, 0.3) is 0 Å². The summed E-state index contributed by atoms with van der Waals surface area (Å²) in [5.41, 5.74) is 0.503. The van der Waals surface area contributed by atoms with E-state index in [0.717, 1.165) is 0 Å². The third-order valence-corrected chi connectivity index (χ3v) is 1.57. The van der Waals surface area contributed by atoms with Crippen molar-refractivity contribution in [3.8, 4) is 0 Å². The smallest absolute Gasteiger partial charge is 0.338 e. The Hall–Kier alpha value is -1.35. The van der Waals surface area contributed by atoms with Crippen LogP contribution in [0.4, 0.5) is 0 Å². The number of hydrogen-bond donors (Lipinski definition) is 1. The maximum atomic E-state index is 11.3. The summed E-state index contributed by atoms with van der Waals surface area (Å²) >= 11 is 0. The fourth-order valence-electron chi connectivity index (χ4n) is 0.862. The molecule has 0 amide bonds. The number of aliphatic hydroxyl groups is 1. The molecule has 3 heteroatoms. The van der Waals surface area contributed by atoms with E-state index in [1.807, 2.05) is 6.07 Å². The number of ether oxygens (including phenoxy) is 1. The molecule has 13 heavy (non-hydrogen) atoms. The molecule has 0 fully saturated rings. The molecule has 1 N–H and O–H groups in total. The quantitative estimate of drug-likeness (QED) is 0.711. The van der Waals surface area contributed by atoms with Gasteiger partial charge >= 0.3 is 5.97 Å². The highest BCUT2D eigenvalue weighted by Gasteiger charge is 2.09. The lowest BCUT2D eigenvalue weighted by atomic mass is 10.2. The molecule has 1 atom stereocenters. The zero-order chi connectivity index (χ0) is 9.68. The van der Waals surface area contributed by atoms with Crippen LogP contribution in [0.1, 0.15) is 17.3 Å². The van der Waals surface area contributed by atoms with Crippen LogP contribution in [0.5, 0.6) is 0 Å². The summed E-state index contributed by atoms with van der Waals surface area (Å²) in [5.74, 6) is -0.401. The molecule has 3 nitrogen and oxygen atoms in total. The van der Waals surface area contributed by atoms with Gasteiger partial charge in [0.2, 0.25) is 0 Å². The average molecular weight is 180 g/mol. The van der Waals surface area contributed by atoms with Gasteiger partial charge in [0.05, 0.1) is 12.2 Å². The molecule has 1 aromatic carbocycles.